The summed E-state index contributed by atoms with van der Waals surface area (Å²) in [5.41, 5.74) is 0. The van der Waals surface area contributed by atoms with E-state index < -0.39 is 5.97 Å². The lowest BCUT2D eigenvalue weighted by atomic mass is 10.0. The molecule has 4 nitrogen and oxygen atoms in total. The van der Waals surface area contributed by atoms with E-state index in [2.05, 4.69) is 13.5 Å². The third-order valence-corrected chi connectivity index (χ3v) is 4.24. The maximum Gasteiger partial charge on any atom is 0.330 e. The second-order valence-electron chi connectivity index (χ2n) is 6.58. The number of hydrogen-bond acceptors (Lipinski definition) is 4. The Bertz CT molecular complexity index is 339. The SMILES string of the molecule is C=CC(=O)OCCOC(=O)CCCCCCCCCCCCCCC. The molecule has 0 saturated carbocycles. The normalized spacial score (nSPS) is 10.4. The summed E-state index contributed by atoms with van der Waals surface area (Å²) < 4.78 is 9.72. The van der Waals surface area contributed by atoms with Crippen molar-refractivity contribution < 1.29 is 19.1 Å². The van der Waals surface area contributed by atoms with E-state index in [1.807, 2.05) is 0 Å². The van der Waals surface area contributed by atoms with E-state index in [1.54, 1.807) is 0 Å². The Morgan fingerprint density at radius 1 is 0.720 bits per heavy atom. The van der Waals surface area contributed by atoms with Gasteiger partial charge in [0.05, 0.1) is 0 Å². The van der Waals surface area contributed by atoms with Crippen molar-refractivity contribution in [2.75, 3.05) is 13.2 Å². The summed E-state index contributed by atoms with van der Waals surface area (Å²) in [5.74, 6) is -0.703. The minimum absolute atomic E-state index is 0.0925. The van der Waals surface area contributed by atoms with Crippen molar-refractivity contribution in [2.24, 2.45) is 0 Å². The quantitative estimate of drug-likeness (QED) is 0.179. The third-order valence-electron chi connectivity index (χ3n) is 4.24. The highest BCUT2D eigenvalue weighted by atomic mass is 16.6. The Morgan fingerprint density at radius 3 is 1.64 bits per heavy atom. The summed E-state index contributed by atoms with van der Waals surface area (Å²) in [6, 6.07) is 0. The van der Waals surface area contributed by atoms with Crippen LogP contribution in [0.1, 0.15) is 96.8 Å². The minimum atomic E-state index is -0.493. The lowest BCUT2D eigenvalue weighted by Crippen LogP contribution is -2.12. The average molecular weight is 355 g/mol. The van der Waals surface area contributed by atoms with Gasteiger partial charge in [0, 0.05) is 12.5 Å². The molecule has 0 aliphatic carbocycles. The molecule has 0 radical (unpaired) electrons. The Labute approximate surface area is 154 Å². The van der Waals surface area contributed by atoms with E-state index in [0.29, 0.717) is 6.42 Å². The van der Waals surface area contributed by atoms with Crippen LogP contribution in [0.3, 0.4) is 0 Å². The van der Waals surface area contributed by atoms with Crippen LogP contribution < -0.4 is 0 Å². The monoisotopic (exact) mass is 354 g/mol. The van der Waals surface area contributed by atoms with Gasteiger partial charge >= 0.3 is 11.9 Å². The zero-order chi connectivity index (χ0) is 18.6. The van der Waals surface area contributed by atoms with Crippen molar-refractivity contribution in [2.45, 2.75) is 96.8 Å². The summed E-state index contributed by atoms with van der Waals surface area (Å²) in [4.78, 5) is 22.3. The smallest absolute Gasteiger partial charge is 0.330 e. The number of rotatable bonds is 18. The van der Waals surface area contributed by atoms with Gasteiger partial charge in [0.1, 0.15) is 13.2 Å². The highest BCUT2D eigenvalue weighted by Crippen LogP contribution is 2.13. The van der Waals surface area contributed by atoms with Gasteiger partial charge in [-0.25, -0.2) is 4.79 Å². The lowest BCUT2D eigenvalue weighted by molar-refractivity contribution is -0.149. The van der Waals surface area contributed by atoms with E-state index in [4.69, 9.17) is 9.47 Å². The van der Waals surface area contributed by atoms with Crippen LogP contribution in [0, 0.1) is 0 Å². The average Bonchev–Trinajstić information content (AvgIpc) is 2.62. The number of carbonyl (C=O) groups excluding carboxylic acids is 2. The van der Waals surface area contributed by atoms with Crippen LogP contribution in [0.4, 0.5) is 0 Å². The Kier molecular flexibility index (Phi) is 18.0. The number of hydrogen-bond donors (Lipinski definition) is 0. The third kappa shape index (κ3) is 18.9. The largest absolute Gasteiger partial charge is 0.462 e. The molecule has 0 aromatic carbocycles. The standard InChI is InChI=1S/C21H38O4/c1-3-5-6-7-8-9-10-11-12-13-14-15-16-17-21(23)25-19-18-24-20(22)4-2/h4H,2-3,5-19H2,1H3. The molecule has 0 aromatic rings. The van der Waals surface area contributed by atoms with Crippen LogP contribution in [0.25, 0.3) is 0 Å². The molecule has 0 atom stereocenters. The van der Waals surface area contributed by atoms with Gasteiger partial charge in [-0.2, -0.15) is 0 Å². The second-order valence-corrected chi connectivity index (χ2v) is 6.58. The van der Waals surface area contributed by atoms with Crippen molar-refractivity contribution in [1.29, 1.82) is 0 Å². The fraction of sp³-hybridized carbons (Fsp3) is 0.810. The van der Waals surface area contributed by atoms with Crippen LogP contribution >= 0.6 is 0 Å². The molecule has 0 heterocycles. The van der Waals surface area contributed by atoms with Gasteiger partial charge in [0.25, 0.3) is 0 Å². The van der Waals surface area contributed by atoms with Gasteiger partial charge in [0.15, 0.2) is 0 Å². The van der Waals surface area contributed by atoms with Crippen LogP contribution in [-0.4, -0.2) is 25.2 Å². The molecule has 0 aliphatic heterocycles. The van der Waals surface area contributed by atoms with Gasteiger partial charge in [-0.05, 0) is 6.42 Å². The zero-order valence-electron chi connectivity index (χ0n) is 16.2. The first-order valence-electron chi connectivity index (χ1n) is 10.2. The van der Waals surface area contributed by atoms with Gasteiger partial charge in [-0.15, -0.1) is 0 Å². The summed E-state index contributed by atoms with van der Waals surface area (Å²) in [7, 11) is 0. The van der Waals surface area contributed by atoms with E-state index >= 15 is 0 Å². The molecule has 0 fully saturated rings. The Morgan fingerprint density at radius 2 is 1.16 bits per heavy atom. The van der Waals surface area contributed by atoms with Crippen LogP contribution in [0.5, 0.6) is 0 Å². The first kappa shape index (κ1) is 23.7. The van der Waals surface area contributed by atoms with Gasteiger partial charge < -0.3 is 9.47 Å². The maximum atomic E-state index is 11.5. The van der Waals surface area contributed by atoms with Crippen LogP contribution in [0.15, 0.2) is 12.7 Å². The second kappa shape index (κ2) is 19.0. The Balaban J connectivity index is 3.18. The molecule has 4 heteroatoms. The van der Waals surface area contributed by atoms with Crippen molar-refractivity contribution in [3.05, 3.63) is 12.7 Å². The molecular weight excluding hydrogens is 316 g/mol. The molecule has 0 amide bonds. The Hall–Kier alpha value is -1.32. The molecule has 0 spiro atoms. The molecule has 0 bridgehead atoms. The van der Waals surface area contributed by atoms with Crippen LogP contribution in [0.2, 0.25) is 0 Å². The molecule has 0 aliphatic rings. The van der Waals surface area contributed by atoms with E-state index in [0.717, 1.165) is 18.9 Å². The predicted molar refractivity (Wildman–Crippen MR) is 102 cm³/mol. The number of carbonyl (C=O) groups is 2. The first-order chi connectivity index (χ1) is 12.2. The summed E-state index contributed by atoms with van der Waals surface area (Å²) >= 11 is 0. The van der Waals surface area contributed by atoms with Gasteiger partial charge in [0.2, 0.25) is 0 Å². The van der Waals surface area contributed by atoms with Crippen molar-refractivity contribution in [3.8, 4) is 0 Å². The number of unbranched alkanes of at least 4 members (excludes halogenated alkanes) is 12. The minimum Gasteiger partial charge on any atom is -0.462 e. The maximum absolute atomic E-state index is 11.5. The summed E-state index contributed by atoms with van der Waals surface area (Å²) in [5, 5.41) is 0. The van der Waals surface area contributed by atoms with Crippen molar-refractivity contribution in [1.82, 2.24) is 0 Å². The molecule has 146 valence electrons. The van der Waals surface area contributed by atoms with Gasteiger partial charge in [-0.3, -0.25) is 4.79 Å². The lowest BCUT2D eigenvalue weighted by Gasteiger charge is -2.05. The summed E-state index contributed by atoms with van der Waals surface area (Å²) in [6.07, 6.45) is 18.3. The fourth-order valence-electron chi connectivity index (χ4n) is 2.72. The molecular formula is C21H38O4. The van der Waals surface area contributed by atoms with Gasteiger partial charge in [-0.1, -0.05) is 90.6 Å². The number of ether oxygens (including phenoxy) is 2. The number of esters is 2. The molecule has 0 saturated heterocycles. The van der Waals surface area contributed by atoms with E-state index in [-0.39, 0.29) is 19.2 Å². The molecule has 0 unspecified atom stereocenters. The van der Waals surface area contributed by atoms with Crippen molar-refractivity contribution >= 4 is 11.9 Å². The van der Waals surface area contributed by atoms with E-state index in [9.17, 15) is 9.59 Å². The molecule has 0 rings (SSSR count). The topological polar surface area (TPSA) is 52.6 Å². The summed E-state index contributed by atoms with van der Waals surface area (Å²) in [6.45, 7) is 5.76. The highest BCUT2D eigenvalue weighted by Gasteiger charge is 2.03. The first-order valence-corrected chi connectivity index (χ1v) is 10.2. The molecule has 0 N–H and O–H groups in total. The molecule has 25 heavy (non-hydrogen) atoms. The highest BCUT2D eigenvalue weighted by molar-refractivity contribution is 5.81. The fourth-order valence-corrected chi connectivity index (χ4v) is 2.72. The predicted octanol–water partition coefficient (Wildman–Crippen LogP) is 5.74. The van der Waals surface area contributed by atoms with Crippen LogP contribution in [-0.2, 0) is 19.1 Å². The van der Waals surface area contributed by atoms with Crippen molar-refractivity contribution in [3.63, 3.8) is 0 Å². The zero-order valence-corrected chi connectivity index (χ0v) is 16.2. The van der Waals surface area contributed by atoms with E-state index in [1.165, 1.54) is 70.6 Å². The molecule has 0 aromatic heterocycles.